The number of Topliss-reactive ketones (excluding diaryl/α,β-unsaturated/α-hetero) is 1. The Morgan fingerprint density at radius 1 is 0.892 bits per heavy atom. The van der Waals surface area contributed by atoms with Gasteiger partial charge in [-0.25, -0.2) is 0 Å². The van der Waals surface area contributed by atoms with Crippen molar-refractivity contribution in [3.63, 3.8) is 0 Å². The highest BCUT2D eigenvalue weighted by Crippen LogP contribution is 2.41. The molecule has 0 aliphatic carbocycles. The van der Waals surface area contributed by atoms with Crippen molar-refractivity contribution in [3.05, 3.63) is 89.4 Å². The number of aliphatic hydroxyl groups is 1. The van der Waals surface area contributed by atoms with Crippen LogP contribution in [-0.2, 0) is 16.1 Å². The fourth-order valence-electron chi connectivity index (χ4n) is 4.33. The SMILES string of the molecule is CCCCCOc1ccc(C2/C(=C(\O)c3ccc(OCCC)cc3)C(=O)C(=O)N2Cc2ccco2)cc1. The number of rotatable bonds is 12. The van der Waals surface area contributed by atoms with Crippen LogP contribution >= 0.6 is 0 Å². The number of ether oxygens (including phenoxy) is 2. The third-order valence-electron chi connectivity index (χ3n) is 6.26. The van der Waals surface area contributed by atoms with Gasteiger partial charge in [0.15, 0.2) is 0 Å². The van der Waals surface area contributed by atoms with Gasteiger partial charge in [0, 0.05) is 5.56 Å². The van der Waals surface area contributed by atoms with Crippen LogP contribution in [0.1, 0.15) is 62.5 Å². The molecule has 1 atom stereocenters. The number of hydrogen-bond donors (Lipinski definition) is 1. The number of nitrogens with zero attached hydrogens (tertiary/aromatic N) is 1. The zero-order chi connectivity index (χ0) is 26.2. The molecule has 1 aliphatic rings. The maximum Gasteiger partial charge on any atom is 0.296 e. The van der Waals surface area contributed by atoms with Crippen molar-refractivity contribution in [2.75, 3.05) is 13.2 Å². The van der Waals surface area contributed by atoms with Crippen LogP contribution in [0, 0.1) is 0 Å². The lowest BCUT2D eigenvalue weighted by Gasteiger charge is -2.24. The number of carbonyl (C=O) groups excluding carboxylic acids is 2. The van der Waals surface area contributed by atoms with E-state index in [9.17, 15) is 14.7 Å². The average molecular weight is 504 g/mol. The fraction of sp³-hybridized carbons (Fsp3) is 0.333. The third-order valence-corrected chi connectivity index (χ3v) is 6.26. The molecule has 7 heteroatoms. The van der Waals surface area contributed by atoms with Crippen LogP contribution < -0.4 is 9.47 Å². The Hall–Kier alpha value is -4.00. The molecule has 1 fully saturated rings. The molecular weight excluding hydrogens is 470 g/mol. The normalized spacial score (nSPS) is 16.8. The number of hydrogen-bond acceptors (Lipinski definition) is 6. The predicted molar refractivity (Wildman–Crippen MR) is 140 cm³/mol. The smallest absolute Gasteiger partial charge is 0.296 e. The highest BCUT2D eigenvalue weighted by molar-refractivity contribution is 6.46. The fourth-order valence-corrected chi connectivity index (χ4v) is 4.33. The molecule has 2 heterocycles. The first-order valence-corrected chi connectivity index (χ1v) is 12.8. The lowest BCUT2D eigenvalue weighted by molar-refractivity contribution is -0.140. The molecule has 1 N–H and O–H groups in total. The summed E-state index contributed by atoms with van der Waals surface area (Å²) in [5.74, 6) is 0.270. The van der Waals surface area contributed by atoms with Crippen molar-refractivity contribution in [2.45, 2.75) is 52.1 Å². The van der Waals surface area contributed by atoms with Gasteiger partial charge < -0.3 is 23.9 Å². The summed E-state index contributed by atoms with van der Waals surface area (Å²) in [6, 6.07) is 16.9. The molecule has 4 rings (SSSR count). The first kappa shape index (κ1) is 26.1. The third kappa shape index (κ3) is 6.05. The first-order valence-electron chi connectivity index (χ1n) is 12.8. The first-order chi connectivity index (χ1) is 18.0. The van der Waals surface area contributed by atoms with E-state index in [2.05, 4.69) is 6.92 Å². The van der Waals surface area contributed by atoms with Crippen LogP contribution in [0.2, 0.25) is 0 Å². The molecule has 1 aliphatic heterocycles. The number of likely N-dealkylation sites (tertiary alicyclic amines) is 1. The van der Waals surface area contributed by atoms with E-state index in [1.54, 1.807) is 36.4 Å². The van der Waals surface area contributed by atoms with Crippen LogP contribution in [0.4, 0.5) is 0 Å². The van der Waals surface area contributed by atoms with E-state index in [0.29, 0.717) is 41.6 Å². The molecular formula is C30H33NO6. The van der Waals surface area contributed by atoms with Gasteiger partial charge in [-0.15, -0.1) is 0 Å². The number of carbonyl (C=O) groups is 2. The molecule has 3 aromatic rings. The van der Waals surface area contributed by atoms with Gasteiger partial charge in [0.05, 0.1) is 37.6 Å². The lowest BCUT2D eigenvalue weighted by Crippen LogP contribution is -2.29. The Balaban J connectivity index is 1.68. The zero-order valence-electron chi connectivity index (χ0n) is 21.3. The molecule has 7 nitrogen and oxygen atoms in total. The molecule has 194 valence electrons. The van der Waals surface area contributed by atoms with Gasteiger partial charge in [0.25, 0.3) is 11.7 Å². The van der Waals surface area contributed by atoms with Gasteiger partial charge in [0.2, 0.25) is 0 Å². The summed E-state index contributed by atoms with van der Waals surface area (Å²) >= 11 is 0. The number of benzene rings is 2. The predicted octanol–water partition coefficient (Wildman–Crippen LogP) is 6.26. The molecule has 37 heavy (non-hydrogen) atoms. The van der Waals surface area contributed by atoms with E-state index >= 15 is 0 Å². The summed E-state index contributed by atoms with van der Waals surface area (Å²) in [6.45, 7) is 5.47. The molecule has 1 saturated heterocycles. The Morgan fingerprint density at radius 3 is 2.19 bits per heavy atom. The molecule has 1 amide bonds. The lowest BCUT2D eigenvalue weighted by atomic mass is 9.95. The number of aliphatic hydroxyl groups excluding tert-OH is 1. The second kappa shape index (κ2) is 12.3. The highest BCUT2D eigenvalue weighted by Gasteiger charge is 2.46. The van der Waals surface area contributed by atoms with Crippen molar-refractivity contribution >= 4 is 17.4 Å². The molecule has 0 spiro atoms. The second-order valence-corrected chi connectivity index (χ2v) is 9.00. The molecule has 2 aromatic carbocycles. The van der Waals surface area contributed by atoms with Gasteiger partial charge in [-0.1, -0.05) is 38.8 Å². The summed E-state index contributed by atoms with van der Waals surface area (Å²) < 4.78 is 16.9. The van der Waals surface area contributed by atoms with E-state index in [1.807, 2.05) is 31.2 Å². The average Bonchev–Trinajstić information content (AvgIpc) is 3.53. The Kier molecular flexibility index (Phi) is 8.67. The molecule has 1 unspecified atom stereocenters. The number of unbranched alkanes of at least 4 members (excludes halogenated alkanes) is 2. The number of furan rings is 1. The van der Waals surface area contributed by atoms with Crippen LogP contribution in [0.25, 0.3) is 5.76 Å². The van der Waals surface area contributed by atoms with Gasteiger partial charge in [0.1, 0.15) is 23.0 Å². The van der Waals surface area contributed by atoms with Gasteiger partial charge >= 0.3 is 0 Å². The molecule has 0 saturated carbocycles. The molecule has 0 bridgehead atoms. The molecule has 0 radical (unpaired) electrons. The Labute approximate surface area is 217 Å². The quantitative estimate of drug-likeness (QED) is 0.136. The zero-order valence-corrected chi connectivity index (χ0v) is 21.3. The summed E-state index contributed by atoms with van der Waals surface area (Å²) in [5, 5.41) is 11.3. The van der Waals surface area contributed by atoms with Crippen molar-refractivity contribution in [3.8, 4) is 11.5 Å². The second-order valence-electron chi connectivity index (χ2n) is 9.00. The minimum absolute atomic E-state index is 0.0374. The van der Waals surface area contributed by atoms with E-state index in [1.165, 1.54) is 11.2 Å². The maximum absolute atomic E-state index is 13.2. The van der Waals surface area contributed by atoms with Crippen LogP contribution in [0.5, 0.6) is 11.5 Å². The highest BCUT2D eigenvalue weighted by atomic mass is 16.5. The summed E-state index contributed by atoms with van der Waals surface area (Å²) in [7, 11) is 0. The van der Waals surface area contributed by atoms with Crippen LogP contribution in [0.15, 0.2) is 76.9 Å². The van der Waals surface area contributed by atoms with E-state index in [4.69, 9.17) is 13.9 Å². The van der Waals surface area contributed by atoms with E-state index in [0.717, 1.165) is 25.7 Å². The van der Waals surface area contributed by atoms with Crippen molar-refractivity contribution in [1.82, 2.24) is 4.90 Å². The van der Waals surface area contributed by atoms with Crippen LogP contribution in [-0.4, -0.2) is 34.9 Å². The summed E-state index contributed by atoms with van der Waals surface area (Å²) in [6.07, 6.45) is 5.59. The summed E-state index contributed by atoms with van der Waals surface area (Å²) in [4.78, 5) is 27.8. The maximum atomic E-state index is 13.2. The van der Waals surface area contributed by atoms with Crippen LogP contribution in [0.3, 0.4) is 0 Å². The monoisotopic (exact) mass is 503 g/mol. The Bertz CT molecular complexity index is 1210. The van der Waals surface area contributed by atoms with Gasteiger partial charge in [-0.2, -0.15) is 0 Å². The van der Waals surface area contributed by atoms with Crippen molar-refractivity contribution < 1.29 is 28.6 Å². The van der Waals surface area contributed by atoms with E-state index < -0.39 is 17.7 Å². The molecule has 1 aromatic heterocycles. The minimum Gasteiger partial charge on any atom is -0.507 e. The van der Waals surface area contributed by atoms with Crippen molar-refractivity contribution in [2.24, 2.45) is 0 Å². The topological polar surface area (TPSA) is 89.2 Å². The largest absolute Gasteiger partial charge is 0.507 e. The van der Waals surface area contributed by atoms with Gasteiger partial charge in [-0.05, 0) is 66.9 Å². The minimum atomic E-state index is -0.782. The summed E-state index contributed by atoms with van der Waals surface area (Å²) in [5.41, 5.74) is 1.16. The van der Waals surface area contributed by atoms with Gasteiger partial charge in [-0.3, -0.25) is 9.59 Å². The standard InChI is InChI=1S/C30H33NO6/c1-3-5-6-18-36-24-13-9-21(10-14-24)27-26(28(32)22-11-15-23(16-12-22)35-17-4-2)29(33)30(34)31(27)20-25-8-7-19-37-25/h7-16,19,27,32H,3-6,17-18,20H2,1-2H3/b28-26+. The Morgan fingerprint density at radius 2 is 1.57 bits per heavy atom. The number of ketones is 1. The number of amides is 1. The van der Waals surface area contributed by atoms with Crippen molar-refractivity contribution in [1.29, 1.82) is 0 Å². The van der Waals surface area contributed by atoms with E-state index in [-0.39, 0.29) is 17.9 Å².